The van der Waals surface area contributed by atoms with Crippen LogP contribution in [-0.2, 0) is 16.1 Å². The Morgan fingerprint density at radius 2 is 1.92 bits per heavy atom. The van der Waals surface area contributed by atoms with Gasteiger partial charge in [0.1, 0.15) is 6.61 Å². The monoisotopic (exact) mass is 361 g/mol. The highest BCUT2D eigenvalue weighted by Crippen LogP contribution is 2.25. The molecule has 1 aromatic rings. The molecule has 1 saturated carbocycles. The van der Waals surface area contributed by atoms with Gasteiger partial charge < -0.3 is 19.7 Å². The van der Waals surface area contributed by atoms with Gasteiger partial charge in [-0.05, 0) is 50.5 Å². The summed E-state index contributed by atoms with van der Waals surface area (Å²) in [5, 5.41) is 2.92. The summed E-state index contributed by atoms with van der Waals surface area (Å²) in [5.74, 6) is 0.381. The molecule has 0 atom stereocenters. The predicted molar refractivity (Wildman–Crippen MR) is 95.5 cm³/mol. The highest BCUT2D eigenvalue weighted by Gasteiger charge is 2.25. The van der Waals surface area contributed by atoms with E-state index < -0.39 is 6.09 Å². The van der Waals surface area contributed by atoms with Gasteiger partial charge >= 0.3 is 12.2 Å². The molecule has 0 spiro atoms. The molecule has 1 saturated heterocycles. The van der Waals surface area contributed by atoms with E-state index in [9.17, 15) is 9.59 Å². The van der Waals surface area contributed by atoms with Crippen LogP contribution >= 0.6 is 0 Å². The van der Waals surface area contributed by atoms with Crippen molar-refractivity contribution in [1.82, 2.24) is 15.2 Å². The molecule has 2 aliphatic rings. The number of likely N-dealkylation sites (tertiary alicyclic amines) is 1. The fourth-order valence-electron chi connectivity index (χ4n) is 3.49. The fourth-order valence-corrected chi connectivity index (χ4v) is 3.49. The Bertz CT molecular complexity index is 582. The normalized spacial score (nSPS) is 22.7. The van der Waals surface area contributed by atoms with Crippen molar-refractivity contribution in [2.24, 2.45) is 5.92 Å². The van der Waals surface area contributed by atoms with Crippen molar-refractivity contribution in [3.8, 4) is 0 Å². The van der Waals surface area contributed by atoms with Crippen molar-refractivity contribution in [3.63, 3.8) is 0 Å². The zero-order valence-corrected chi connectivity index (χ0v) is 15.1. The molecule has 2 amide bonds. The number of nitrogens with one attached hydrogen (secondary N) is 1. The molecule has 0 unspecified atom stereocenters. The maximum Gasteiger partial charge on any atom is 0.409 e. The third kappa shape index (κ3) is 5.61. The van der Waals surface area contributed by atoms with Crippen LogP contribution in [0.5, 0.6) is 0 Å². The minimum absolute atomic E-state index is 0.127. The van der Waals surface area contributed by atoms with E-state index in [-0.39, 0.29) is 18.7 Å². The molecule has 0 aromatic carbocycles. The second kappa shape index (κ2) is 9.40. The molecule has 1 aromatic heterocycles. The van der Waals surface area contributed by atoms with E-state index in [2.05, 4.69) is 10.3 Å². The highest BCUT2D eigenvalue weighted by molar-refractivity contribution is 5.68. The summed E-state index contributed by atoms with van der Waals surface area (Å²) in [4.78, 5) is 29.6. The average Bonchev–Trinajstić information content (AvgIpc) is 3.21. The van der Waals surface area contributed by atoms with Gasteiger partial charge in [0.05, 0.1) is 6.61 Å². The zero-order chi connectivity index (χ0) is 18.2. The summed E-state index contributed by atoms with van der Waals surface area (Å²) in [6.45, 7) is 2.34. The second-order valence-corrected chi connectivity index (χ2v) is 7.07. The maximum atomic E-state index is 11.9. The first-order valence-electron chi connectivity index (χ1n) is 9.44. The molecule has 26 heavy (non-hydrogen) atoms. The van der Waals surface area contributed by atoms with Crippen LogP contribution in [0.15, 0.2) is 24.5 Å². The molecule has 2 heterocycles. The van der Waals surface area contributed by atoms with Crippen LogP contribution in [-0.4, -0.2) is 47.8 Å². The first-order chi connectivity index (χ1) is 12.7. The first kappa shape index (κ1) is 18.5. The van der Waals surface area contributed by atoms with Gasteiger partial charge in [-0.2, -0.15) is 0 Å². The van der Waals surface area contributed by atoms with E-state index in [1.807, 2.05) is 12.1 Å². The molecule has 1 N–H and O–H groups in total. The molecule has 2 fully saturated rings. The number of ether oxygens (including phenoxy) is 2. The molecular weight excluding hydrogens is 334 g/mol. The Balaban J connectivity index is 1.29. The van der Waals surface area contributed by atoms with Crippen molar-refractivity contribution in [2.75, 3.05) is 19.7 Å². The predicted octanol–water partition coefficient (Wildman–Crippen LogP) is 3.10. The Labute approximate surface area is 154 Å². The number of hydrogen-bond donors (Lipinski definition) is 1. The molecule has 0 radical (unpaired) electrons. The zero-order valence-electron chi connectivity index (χ0n) is 15.1. The van der Waals surface area contributed by atoms with E-state index in [1.54, 1.807) is 17.3 Å². The van der Waals surface area contributed by atoms with Crippen LogP contribution in [0.25, 0.3) is 0 Å². The van der Waals surface area contributed by atoms with Gasteiger partial charge in [-0.3, -0.25) is 4.98 Å². The number of amides is 2. The standard InChI is InChI=1S/C19H27N3O4/c23-18(25-14-16-4-3-9-20-12-16)21-17-7-5-15(6-8-17)13-26-19(24)22-10-1-2-11-22/h3-4,9,12,15,17H,1-2,5-8,10-11,13-14H2,(H,21,23). The summed E-state index contributed by atoms with van der Waals surface area (Å²) in [5.41, 5.74) is 0.867. The molecular formula is C19H27N3O4. The van der Waals surface area contributed by atoms with Crippen LogP contribution in [0, 0.1) is 5.92 Å². The van der Waals surface area contributed by atoms with Gasteiger partial charge in [-0.25, -0.2) is 9.59 Å². The highest BCUT2D eigenvalue weighted by atomic mass is 16.6. The SMILES string of the molecule is O=C(NC1CCC(COC(=O)N2CCCC2)CC1)OCc1cccnc1. The molecule has 7 heteroatoms. The number of carbonyl (C=O) groups is 2. The van der Waals surface area contributed by atoms with Crippen molar-refractivity contribution >= 4 is 12.2 Å². The van der Waals surface area contributed by atoms with Crippen LogP contribution in [0.1, 0.15) is 44.1 Å². The lowest BCUT2D eigenvalue weighted by atomic mass is 9.86. The molecule has 0 bridgehead atoms. The number of alkyl carbamates (subject to hydrolysis) is 1. The van der Waals surface area contributed by atoms with E-state index in [0.29, 0.717) is 12.5 Å². The Kier molecular flexibility index (Phi) is 6.68. The topological polar surface area (TPSA) is 80.8 Å². The summed E-state index contributed by atoms with van der Waals surface area (Å²) in [6.07, 6.45) is 8.60. The minimum Gasteiger partial charge on any atom is -0.449 e. The summed E-state index contributed by atoms with van der Waals surface area (Å²) >= 11 is 0. The summed E-state index contributed by atoms with van der Waals surface area (Å²) < 4.78 is 10.7. The van der Waals surface area contributed by atoms with Crippen LogP contribution in [0.2, 0.25) is 0 Å². The second-order valence-electron chi connectivity index (χ2n) is 7.07. The molecule has 1 aliphatic carbocycles. The van der Waals surface area contributed by atoms with E-state index in [1.165, 1.54) is 0 Å². The van der Waals surface area contributed by atoms with Crippen molar-refractivity contribution < 1.29 is 19.1 Å². The number of hydrogen-bond acceptors (Lipinski definition) is 5. The Hall–Kier alpha value is -2.31. The summed E-state index contributed by atoms with van der Waals surface area (Å²) in [7, 11) is 0. The summed E-state index contributed by atoms with van der Waals surface area (Å²) in [6, 6.07) is 3.81. The lowest BCUT2D eigenvalue weighted by molar-refractivity contribution is 0.0832. The van der Waals surface area contributed by atoms with Crippen LogP contribution in [0.4, 0.5) is 9.59 Å². The van der Waals surface area contributed by atoms with Crippen LogP contribution < -0.4 is 5.32 Å². The average molecular weight is 361 g/mol. The van der Waals surface area contributed by atoms with Gasteiger partial charge in [-0.1, -0.05) is 6.07 Å². The fraction of sp³-hybridized carbons (Fsp3) is 0.632. The lowest BCUT2D eigenvalue weighted by Gasteiger charge is -2.29. The van der Waals surface area contributed by atoms with Gasteiger partial charge in [0.2, 0.25) is 0 Å². The maximum absolute atomic E-state index is 11.9. The number of carbonyl (C=O) groups excluding carboxylic acids is 2. The number of pyridine rings is 1. The van der Waals surface area contributed by atoms with Crippen molar-refractivity contribution in [3.05, 3.63) is 30.1 Å². The van der Waals surface area contributed by atoms with E-state index in [4.69, 9.17) is 9.47 Å². The number of aromatic nitrogens is 1. The minimum atomic E-state index is -0.391. The quantitative estimate of drug-likeness (QED) is 0.872. The Morgan fingerprint density at radius 1 is 1.15 bits per heavy atom. The van der Waals surface area contributed by atoms with E-state index >= 15 is 0 Å². The molecule has 3 rings (SSSR count). The Morgan fingerprint density at radius 3 is 2.62 bits per heavy atom. The third-order valence-electron chi connectivity index (χ3n) is 5.07. The largest absolute Gasteiger partial charge is 0.449 e. The molecule has 7 nitrogen and oxygen atoms in total. The third-order valence-corrected chi connectivity index (χ3v) is 5.07. The van der Waals surface area contributed by atoms with Gasteiger partial charge in [0, 0.05) is 37.1 Å². The number of rotatable bonds is 5. The number of nitrogens with zero attached hydrogens (tertiary/aromatic N) is 2. The molecule has 142 valence electrons. The van der Waals surface area contributed by atoms with Gasteiger partial charge in [0.25, 0.3) is 0 Å². The first-order valence-corrected chi connectivity index (χ1v) is 9.44. The lowest BCUT2D eigenvalue weighted by Crippen LogP contribution is -2.39. The van der Waals surface area contributed by atoms with Crippen molar-refractivity contribution in [2.45, 2.75) is 51.2 Å². The molecule has 1 aliphatic heterocycles. The van der Waals surface area contributed by atoms with Crippen molar-refractivity contribution in [1.29, 1.82) is 0 Å². The van der Waals surface area contributed by atoms with Gasteiger partial charge in [0.15, 0.2) is 0 Å². The van der Waals surface area contributed by atoms with Gasteiger partial charge in [-0.15, -0.1) is 0 Å². The smallest absolute Gasteiger partial charge is 0.409 e. The van der Waals surface area contributed by atoms with Crippen LogP contribution in [0.3, 0.4) is 0 Å². The van der Waals surface area contributed by atoms with E-state index in [0.717, 1.165) is 57.2 Å².